The summed E-state index contributed by atoms with van der Waals surface area (Å²) in [5, 5.41) is 8.17. The molecule has 0 N–H and O–H groups in total. The molecule has 0 aromatic heterocycles. The van der Waals surface area contributed by atoms with Crippen molar-refractivity contribution in [1.29, 1.82) is 0 Å². The second kappa shape index (κ2) is 12.0. The van der Waals surface area contributed by atoms with E-state index in [1.165, 1.54) is 48.3 Å². The fourth-order valence-corrected chi connectivity index (χ4v) is 5.38. The molecule has 34 heavy (non-hydrogen) atoms. The third kappa shape index (κ3) is 5.23. The molecule has 0 fully saturated rings. The minimum Gasteiger partial charge on any atom is -1.00 e. The molecule has 173 valence electrons. The van der Waals surface area contributed by atoms with Crippen LogP contribution in [0.3, 0.4) is 0 Å². The molecule has 0 atom stereocenters. The Balaban J connectivity index is 0.00000136. The second-order valence-corrected chi connectivity index (χ2v) is 9.84. The summed E-state index contributed by atoms with van der Waals surface area (Å²) in [5.41, 5.74) is 5.79. The van der Waals surface area contributed by atoms with Crippen LogP contribution in [0.2, 0.25) is 0 Å². The Labute approximate surface area is 235 Å². The van der Waals surface area contributed by atoms with Gasteiger partial charge in [0.2, 0.25) is 0 Å². The van der Waals surface area contributed by atoms with Crippen molar-refractivity contribution in [3.63, 3.8) is 0 Å². The van der Waals surface area contributed by atoms with Crippen LogP contribution in [0.4, 0.5) is 0 Å². The molecule has 0 amide bonds. The van der Waals surface area contributed by atoms with E-state index in [9.17, 15) is 0 Å². The Bertz CT molecular complexity index is 1450. The van der Waals surface area contributed by atoms with E-state index in [1.54, 1.807) is 5.57 Å². The SMILES string of the molecule is CC(C)CC(CC(C)C)=c1c(C2=CC=CC2)c2ccccc2c2c1=c1ccccc1=[C-]2.[Cl-].[Cl-].[Zr+3]. The third-order valence-electron chi connectivity index (χ3n) is 6.43. The van der Waals surface area contributed by atoms with Crippen molar-refractivity contribution in [3.8, 4) is 0 Å². The Morgan fingerprint density at radius 3 is 2.09 bits per heavy atom. The Morgan fingerprint density at radius 2 is 1.47 bits per heavy atom. The standard InChI is InChI=1S/C31H31.2ClH.Zr/c1-20(2)17-24(18-21(3)4)30-29(22-11-5-6-12-22)27-16-10-9-15-26(27)28-19-23-13-7-8-14-25(23)31(28)30;;;/h5-11,13-16,20-21H,12,17-18H2,1-4H3;2*1H;/q-1;;;+3/p-2. The Morgan fingerprint density at radius 1 is 0.853 bits per heavy atom. The quantitative estimate of drug-likeness (QED) is 0.314. The molecule has 3 heteroatoms. The van der Waals surface area contributed by atoms with Gasteiger partial charge in [-0.1, -0.05) is 105 Å². The molecule has 0 saturated carbocycles. The molecule has 0 heterocycles. The number of halogens is 2. The second-order valence-electron chi connectivity index (χ2n) is 9.84. The van der Waals surface area contributed by atoms with E-state index in [0.717, 1.165) is 19.3 Å². The van der Waals surface area contributed by atoms with Gasteiger partial charge in [0.05, 0.1) is 0 Å². The largest absolute Gasteiger partial charge is 3.00 e. The molecule has 0 unspecified atom stereocenters. The van der Waals surface area contributed by atoms with Crippen molar-refractivity contribution < 1.29 is 51.0 Å². The molecule has 0 nitrogen and oxygen atoms in total. The van der Waals surface area contributed by atoms with E-state index in [4.69, 9.17) is 0 Å². The number of hydrogen-bond donors (Lipinski definition) is 0. The van der Waals surface area contributed by atoms with Gasteiger partial charge in [0.1, 0.15) is 0 Å². The topological polar surface area (TPSA) is 0 Å². The van der Waals surface area contributed by atoms with Crippen LogP contribution >= 0.6 is 0 Å². The Hall–Kier alpha value is -1.40. The normalized spacial score (nSPS) is 12.9. The maximum Gasteiger partial charge on any atom is 3.00 e. The molecular weight excluding hydrogens is 534 g/mol. The first-order chi connectivity index (χ1) is 15.0. The predicted molar refractivity (Wildman–Crippen MR) is 134 cm³/mol. The molecule has 0 aliphatic heterocycles. The van der Waals surface area contributed by atoms with Crippen LogP contribution in [0.25, 0.3) is 28.0 Å². The predicted octanol–water partition coefficient (Wildman–Crippen LogP) is 0.738. The van der Waals surface area contributed by atoms with Crippen molar-refractivity contribution in [3.05, 3.63) is 98.8 Å². The van der Waals surface area contributed by atoms with E-state index >= 15 is 0 Å². The zero-order chi connectivity index (χ0) is 21.5. The van der Waals surface area contributed by atoms with Crippen LogP contribution < -0.4 is 35.3 Å². The number of benzene rings is 3. The monoisotopic (exact) mass is 563 g/mol. The molecule has 1 radical (unpaired) electrons. The van der Waals surface area contributed by atoms with Gasteiger partial charge in [-0.25, -0.2) is 0 Å². The maximum atomic E-state index is 3.79. The van der Waals surface area contributed by atoms with E-state index in [2.05, 4.69) is 101 Å². The third-order valence-corrected chi connectivity index (χ3v) is 6.43. The summed E-state index contributed by atoms with van der Waals surface area (Å²) in [5.74, 6) is 1.26. The fraction of sp³-hybridized carbons (Fsp3) is 0.290. The summed E-state index contributed by atoms with van der Waals surface area (Å²) in [6.07, 6.45) is 13.9. The Kier molecular flexibility index (Phi) is 10.2. The van der Waals surface area contributed by atoms with Crippen LogP contribution in [-0.4, -0.2) is 0 Å². The molecule has 0 spiro atoms. The van der Waals surface area contributed by atoms with Crippen molar-refractivity contribution in [2.24, 2.45) is 11.8 Å². The van der Waals surface area contributed by atoms with Gasteiger partial charge in [0.15, 0.2) is 0 Å². The number of allylic oxidation sites excluding steroid dienone is 4. The average molecular weight is 566 g/mol. The van der Waals surface area contributed by atoms with Gasteiger partial charge in [-0.3, -0.25) is 0 Å². The zero-order valence-corrected chi connectivity index (χ0v) is 24.4. The van der Waals surface area contributed by atoms with Gasteiger partial charge in [0.25, 0.3) is 0 Å². The number of rotatable bonds is 5. The molecule has 3 aromatic carbocycles. The molecule has 0 saturated heterocycles. The van der Waals surface area contributed by atoms with Gasteiger partial charge in [-0.2, -0.15) is 0 Å². The van der Waals surface area contributed by atoms with Crippen molar-refractivity contribution >= 4 is 28.0 Å². The first-order valence-corrected chi connectivity index (χ1v) is 11.7. The minimum absolute atomic E-state index is 0. The molecule has 5 rings (SSSR count). The molecule has 2 aliphatic rings. The summed E-state index contributed by atoms with van der Waals surface area (Å²) < 4.78 is 0. The van der Waals surface area contributed by atoms with E-state index < -0.39 is 0 Å². The first-order valence-electron chi connectivity index (χ1n) is 11.7. The van der Waals surface area contributed by atoms with E-state index in [1.807, 2.05) is 0 Å². The molecule has 2 aliphatic carbocycles. The first kappa shape index (κ1) is 28.8. The van der Waals surface area contributed by atoms with Crippen molar-refractivity contribution in [2.75, 3.05) is 0 Å². The van der Waals surface area contributed by atoms with Gasteiger partial charge in [-0.15, -0.1) is 33.4 Å². The summed E-state index contributed by atoms with van der Waals surface area (Å²) >= 11 is 0. The van der Waals surface area contributed by atoms with Gasteiger partial charge >= 0.3 is 26.2 Å². The summed E-state index contributed by atoms with van der Waals surface area (Å²) in [6.45, 7) is 9.40. The van der Waals surface area contributed by atoms with E-state index in [-0.39, 0.29) is 51.0 Å². The van der Waals surface area contributed by atoms with E-state index in [0.29, 0.717) is 11.8 Å². The van der Waals surface area contributed by atoms with Gasteiger partial charge in [0, 0.05) is 0 Å². The molecule has 3 aromatic rings. The smallest absolute Gasteiger partial charge is 1.00 e. The van der Waals surface area contributed by atoms with Crippen LogP contribution in [0.5, 0.6) is 0 Å². The minimum atomic E-state index is 0. The average Bonchev–Trinajstić information content (AvgIpc) is 3.40. The molecular formula is C31H31Cl2Zr. The van der Waals surface area contributed by atoms with Crippen LogP contribution in [0.15, 0.2) is 66.8 Å². The van der Waals surface area contributed by atoms with Crippen molar-refractivity contribution in [1.82, 2.24) is 0 Å². The van der Waals surface area contributed by atoms with Gasteiger partial charge < -0.3 is 24.8 Å². The zero-order valence-electron chi connectivity index (χ0n) is 20.4. The van der Waals surface area contributed by atoms with Crippen molar-refractivity contribution in [2.45, 2.75) is 47.0 Å². The van der Waals surface area contributed by atoms with Crippen LogP contribution in [-0.2, 0) is 26.2 Å². The number of hydrogen-bond acceptors (Lipinski definition) is 0. The fourth-order valence-electron chi connectivity index (χ4n) is 5.38. The summed E-state index contributed by atoms with van der Waals surface area (Å²) in [4.78, 5) is 0. The van der Waals surface area contributed by atoms with Crippen LogP contribution in [0.1, 0.15) is 58.1 Å². The summed E-state index contributed by atoms with van der Waals surface area (Å²) in [7, 11) is 0. The van der Waals surface area contributed by atoms with Gasteiger partial charge in [-0.05, 0) is 47.6 Å². The van der Waals surface area contributed by atoms with Crippen LogP contribution in [0, 0.1) is 22.3 Å². The maximum absolute atomic E-state index is 3.79. The molecule has 0 bridgehead atoms. The number of fused-ring (bicyclic) bond motifs is 4. The summed E-state index contributed by atoms with van der Waals surface area (Å²) in [6, 6.07) is 17.8.